The van der Waals surface area contributed by atoms with Gasteiger partial charge in [-0.25, -0.2) is 4.39 Å². The van der Waals surface area contributed by atoms with Crippen LogP contribution in [0.2, 0.25) is 0 Å². The van der Waals surface area contributed by atoms with Crippen molar-refractivity contribution in [2.75, 3.05) is 5.88 Å². The van der Waals surface area contributed by atoms with Crippen molar-refractivity contribution >= 4 is 11.6 Å². The Kier molecular flexibility index (Phi) is 4.36. The fourth-order valence-corrected chi connectivity index (χ4v) is 1.59. The van der Waals surface area contributed by atoms with Crippen molar-refractivity contribution in [1.82, 2.24) is 0 Å². The predicted molar refractivity (Wildman–Crippen MR) is 56.1 cm³/mol. The highest BCUT2D eigenvalue weighted by atomic mass is 35.5. The van der Waals surface area contributed by atoms with Crippen LogP contribution in [0.3, 0.4) is 0 Å². The van der Waals surface area contributed by atoms with Crippen LogP contribution in [0, 0.1) is 12.7 Å². The molecule has 1 aromatic rings. The standard InChI is InChI=1S/C11H14ClFO/c1-8-7-9(13)4-5-10(8)11(14)3-2-6-12/h4-5,7,11,14H,2-3,6H2,1H3. The Morgan fingerprint density at radius 2 is 2.21 bits per heavy atom. The van der Waals surface area contributed by atoms with E-state index in [0.717, 1.165) is 17.5 Å². The Balaban J connectivity index is 2.74. The maximum absolute atomic E-state index is 12.8. The second kappa shape index (κ2) is 5.32. The van der Waals surface area contributed by atoms with Crippen molar-refractivity contribution in [2.24, 2.45) is 0 Å². The largest absolute Gasteiger partial charge is 0.388 e. The van der Waals surface area contributed by atoms with Gasteiger partial charge >= 0.3 is 0 Å². The first-order valence-electron chi connectivity index (χ1n) is 4.65. The lowest BCUT2D eigenvalue weighted by Gasteiger charge is -2.12. The van der Waals surface area contributed by atoms with Gasteiger partial charge in [-0.15, -0.1) is 11.6 Å². The van der Waals surface area contributed by atoms with Crippen molar-refractivity contribution in [3.63, 3.8) is 0 Å². The molecule has 1 nitrogen and oxygen atoms in total. The molecule has 0 heterocycles. The molecule has 1 aromatic carbocycles. The molecule has 1 N–H and O–H groups in total. The summed E-state index contributed by atoms with van der Waals surface area (Å²) in [6.45, 7) is 1.79. The van der Waals surface area contributed by atoms with E-state index in [9.17, 15) is 9.50 Å². The molecule has 3 heteroatoms. The van der Waals surface area contributed by atoms with E-state index in [1.165, 1.54) is 12.1 Å². The molecule has 0 aliphatic heterocycles. The normalized spacial score (nSPS) is 12.9. The number of rotatable bonds is 4. The number of aryl methyl sites for hydroxylation is 1. The minimum absolute atomic E-state index is 0.268. The minimum atomic E-state index is -0.533. The number of hydrogen-bond donors (Lipinski definition) is 1. The molecule has 78 valence electrons. The molecule has 0 radical (unpaired) electrons. The Morgan fingerprint density at radius 3 is 2.79 bits per heavy atom. The lowest BCUT2D eigenvalue weighted by atomic mass is 10.0. The molecule has 0 spiro atoms. The summed E-state index contributed by atoms with van der Waals surface area (Å²) in [6.07, 6.45) is 0.851. The van der Waals surface area contributed by atoms with Crippen LogP contribution in [0.5, 0.6) is 0 Å². The molecule has 0 aromatic heterocycles. The molecule has 0 aliphatic carbocycles. The number of aliphatic hydroxyl groups excluding tert-OH is 1. The van der Waals surface area contributed by atoms with E-state index in [1.807, 2.05) is 0 Å². The zero-order chi connectivity index (χ0) is 10.6. The Morgan fingerprint density at radius 1 is 1.50 bits per heavy atom. The lowest BCUT2D eigenvalue weighted by Crippen LogP contribution is -2.00. The topological polar surface area (TPSA) is 20.2 Å². The van der Waals surface area contributed by atoms with Crippen LogP contribution in [0.15, 0.2) is 18.2 Å². The van der Waals surface area contributed by atoms with Crippen LogP contribution in [0.1, 0.15) is 30.1 Å². The van der Waals surface area contributed by atoms with Gasteiger partial charge in [0.2, 0.25) is 0 Å². The van der Waals surface area contributed by atoms with E-state index < -0.39 is 6.10 Å². The van der Waals surface area contributed by atoms with Gasteiger partial charge in [-0.2, -0.15) is 0 Å². The molecular formula is C11H14ClFO. The molecule has 1 atom stereocenters. The van der Waals surface area contributed by atoms with Gasteiger partial charge in [-0.3, -0.25) is 0 Å². The van der Waals surface area contributed by atoms with Crippen LogP contribution in [-0.2, 0) is 0 Å². The maximum Gasteiger partial charge on any atom is 0.123 e. The summed E-state index contributed by atoms with van der Waals surface area (Å²) < 4.78 is 12.8. The van der Waals surface area contributed by atoms with Crippen LogP contribution in [0.4, 0.5) is 4.39 Å². The first-order valence-corrected chi connectivity index (χ1v) is 5.18. The second-order valence-corrected chi connectivity index (χ2v) is 3.73. The average molecular weight is 217 g/mol. The van der Waals surface area contributed by atoms with E-state index in [-0.39, 0.29) is 5.82 Å². The summed E-state index contributed by atoms with van der Waals surface area (Å²) in [4.78, 5) is 0. The first-order chi connectivity index (χ1) is 6.65. The molecule has 0 saturated carbocycles. The summed E-state index contributed by atoms with van der Waals surface area (Å²) in [6, 6.07) is 4.43. The zero-order valence-electron chi connectivity index (χ0n) is 8.13. The maximum atomic E-state index is 12.8. The van der Waals surface area contributed by atoms with Crippen molar-refractivity contribution in [3.05, 3.63) is 35.1 Å². The monoisotopic (exact) mass is 216 g/mol. The number of halogens is 2. The molecule has 0 fully saturated rings. The van der Waals surface area contributed by atoms with Gasteiger partial charge in [-0.1, -0.05) is 6.07 Å². The molecular weight excluding hydrogens is 203 g/mol. The van der Waals surface area contributed by atoms with Crippen molar-refractivity contribution < 1.29 is 9.50 Å². The van der Waals surface area contributed by atoms with Gasteiger partial charge in [0.1, 0.15) is 5.82 Å². The highest BCUT2D eigenvalue weighted by molar-refractivity contribution is 6.17. The SMILES string of the molecule is Cc1cc(F)ccc1C(O)CCCCl. The van der Waals surface area contributed by atoms with Gasteiger partial charge in [0.15, 0.2) is 0 Å². The first kappa shape index (κ1) is 11.5. The Bertz CT molecular complexity index is 301. The number of hydrogen-bond acceptors (Lipinski definition) is 1. The molecule has 1 rings (SSSR count). The van der Waals surface area contributed by atoms with E-state index in [2.05, 4.69) is 0 Å². The van der Waals surface area contributed by atoms with Crippen LogP contribution in [-0.4, -0.2) is 11.0 Å². The quantitative estimate of drug-likeness (QED) is 0.767. The Labute approximate surface area is 88.5 Å². The summed E-state index contributed by atoms with van der Waals surface area (Å²) >= 11 is 5.53. The van der Waals surface area contributed by atoms with Crippen LogP contribution < -0.4 is 0 Å². The van der Waals surface area contributed by atoms with Gasteiger partial charge in [0.25, 0.3) is 0 Å². The second-order valence-electron chi connectivity index (χ2n) is 3.35. The fourth-order valence-electron chi connectivity index (χ4n) is 1.44. The lowest BCUT2D eigenvalue weighted by molar-refractivity contribution is 0.166. The van der Waals surface area contributed by atoms with E-state index in [0.29, 0.717) is 12.3 Å². The van der Waals surface area contributed by atoms with Crippen molar-refractivity contribution in [1.29, 1.82) is 0 Å². The third-order valence-corrected chi connectivity index (χ3v) is 2.47. The van der Waals surface area contributed by atoms with E-state index >= 15 is 0 Å². The third-order valence-electron chi connectivity index (χ3n) is 2.20. The van der Waals surface area contributed by atoms with Crippen LogP contribution in [0.25, 0.3) is 0 Å². The molecule has 1 unspecified atom stereocenters. The number of benzene rings is 1. The predicted octanol–water partition coefficient (Wildman–Crippen LogP) is 3.19. The van der Waals surface area contributed by atoms with Gasteiger partial charge < -0.3 is 5.11 Å². The summed E-state index contributed by atoms with van der Waals surface area (Å²) in [7, 11) is 0. The highest BCUT2D eigenvalue weighted by Gasteiger charge is 2.09. The summed E-state index contributed by atoms with van der Waals surface area (Å²) in [5.74, 6) is 0.271. The number of alkyl halides is 1. The van der Waals surface area contributed by atoms with Gasteiger partial charge in [-0.05, 0) is 43.0 Å². The fraction of sp³-hybridized carbons (Fsp3) is 0.455. The summed E-state index contributed by atoms with van der Waals surface area (Å²) in [5, 5.41) is 9.74. The molecule has 0 bridgehead atoms. The number of aliphatic hydroxyl groups is 1. The summed E-state index contributed by atoms with van der Waals surface area (Å²) in [5.41, 5.74) is 1.57. The van der Waals surface area contributed by atoms with Gasteiger partial charge in [0.05, 0.1) is 6.10 Å². The zero-order valence-corrected chi connectivity index (χ0v) is 8.89. The Hall–Kier alpha value is -0.600. The van der Waals surface area contributed by atoms with Crippen molar-refractivity contribution in [2.45, 2.75) is 25.9 Å². The average Bonchev–Trinajstić information content (AvgIpc) is 2.14. The molecule has 14 heavy (non-hydrogen) atoms. The minimum Gasteiger partial charge on any atom is -0.388 e. The highest BCUT2D eigenvalue weighted by Crippen LogP contribution is 2.22. The third kappa shape index (κ3) is 2.96. The molecule has 0 amide bonds. The smallest absolute Gasteiger partial charge is 0.123 e. The molecule has 0 aliphatic rings. The van der Waals surface area contributed by atoms with Crippen LogP contribution >= 0.6 is 11.6 Å². The van der Waals surface area contributed by atoms with E-state index in [1.54, 1.807) is 13.0 Å². The van der Waals surface area contributed by atoms with E-state index in [4.69, 9.17) is 11.6 Å². The van der Waals surface area contributed by atoms with Crippen molar-refractivity contribution in [3.8, 4) is 0 Å². The molecule has 0 saturated heterocycles. The van der Waals surface area contributed by atoms with Gasteiger partial charge in [0, 0.05) is 5.88 Å².